The molecule has 0 fully saturated rings. The normalized spacial score (nSPS) is 10.3. The molecule has 1 aromatic rings. The van der Waals surface area contributed by atoms with Crippen LogP contribution in [-0.4, -0.2) is 5.91 Å². The summed E-state index contributed by atoms with van der Waals surface area (Å²) in [6, 6.07) is 4.25. The summed E-state index contributed by atoms with van der Waals surface area (Å²) in [5.74, 6) is -0.415. The zero-order valence-corrected chi connectivity index (χ0v) is 11.5. The van der Waals surface area contributed by atoms with Gasteiger partial charge in [-0.2, -0.15) is 0 Å². The largest absolute Gasteiger partial charge is 0.325 e. The Morgan fingerprint density at radius 3 is 2.82 bits per heavy atom. The summed E-state index contributed by atoms with van der Waals surface area (Å²) in [5, 5.41) is 2.70. The van der Waals surface area contributed by atoms with Crippen LogP contribution >= 0.6 is 15.9 Å². The highest BCUT2D eigenvalue weighted by atomic mass is 79.9. The minimum Gasteiger partial charge on any atom is -0.325 e. The Hall–Kier alpha value is -0.900. The number of benzene rings is 1. The van der Waals surface area contributed by atoms with E-state index in [-0.39, 0.29) is 11.7 Å². The van der Waals surface area contributed by atoms with E-state index in [4.69, 9.17) is 0 Å². The molecule has 0 aromatic heterocycles. The lowest BCUT2D eigenvalue weighted by atomic mass is 10.1. The quantitative estimate of drug-likeness (QED) is 0.770. The van der Waals surface area contributed by atoms with Crippen molar-refractivity contribution in [3.63, 3.8) is 0 Å². The monoisotopic (exact) mass is 301 g/mol. The van der Waals surface area contributed by atoms with Crippen LogP contribution < -0.4 is 5.32 Å². The fourth-order valence-corrected chi connectivity index (χ4v) is 1.86. The molecule has 0 saturated carbocycles. The first-order valence-corrected chi connectivity index (χ1v) is 6.67. The van der Waals surface area contributed by atoms with Gasteiger partial charge in [-0.15, -0.1) is 0 Å². The number of carbonyl (C=O) groups is 1. The molecular formula is C13H17BrFNO. The maximum absolute atomic E-state index is 13.0. The first-order valence-electron chi connectivity index (χ1n) is 5.88. The molecule has 0 spiro atoms. The van der Waals surface area contributed by atoms with Gasteiger partial charge in [0.1, 0.15) is 5.82 Å². The van der Waals surface area contributed by atoms with Crippen molar-refractivity contribution in [2.45, 2.75) is 39.0 Å². The van der Waals surface area contributed by atoms with Crippen molar-refractivity contribution < 1.29 is 9.18 Å². The van der Waals surface area contributed by atoms with Gasteiger partial charge in [0.15, 0.2) is 0 Å². The second-order valence-corrected chi connectivity index (χ2v) is 4.84. The van der Waals surface area contributed by atoms with Crippen molar-refractivity contribution in [3.8, 4) is 0 Å². The van der Waals surface area contributed by atoms with E-state index in [2.05, 4.69) is 28.2 Å². The number of hydrogen-bond donors (Lipinski definition) is 1. The van der Waals surface area contributed by atoms with Gasteiger partial charge < -0.3 is 5.32 Å². The van der Waals surface area contributed by atoms with Crippen molar-refractivity contribution in [2.75, 3.05) is 5.32 Å². The molecule has 0 aliphatic heterocycles. The highest BCUT2D eigenvalue weighted by molar-refractivity contribution is 9.10. The Morgan fingerprint density at radius 1 is 1.35 bits per heavy atom. The van der Waals surface area contributed by atoms with E-state index < -0.39 is 0 Å². The lowest BCUT2D eigenvalue weighted by Crippen LogP contribution is -2.11. The van der Waals surface area contributed by atoms with Crippen LogP contribution in [0.4, 0.5) is 10.1 Å². The summed E-state index contributed by atoms with van der Waals surface area (Å²) in [7, 11) is 0. The smallest absolute Gasteiger partial charge is 0.224 e. The minimum atomic E-state index is -0.352. The zero-order chi connectivity index (χ0) is 12.7. The predicted octanol–water partition coefficient (Wildman–Crippen LogP) is 4.50. The van der Waals surface area contributed by atoms with Crippen LogP contribution in [0.1, 0.15) is 39.0 Å². The number of carbonyl (C=O) groups excluding carboxylic acids is 1. The maximum atomic E-state index is 13.0. The molecule has 0 heterocycles. The van der Waals surface area contributed by atoms with Gasteiger partial charge in [0.25, 0.3) is 0 Å². The molecule has 0 saturated heterocycles. The molecule has 1 amide bonds. The Bertz CT molecular complexity index is 382. The third kappa shape index (κ3) is 5.31. The third-order valence-electron chi connectivity index (χ3n) is 2.46. The first kappa shape index (κ1) is 14.2. The fourth-order valence-electron chi connectivity index (χ4n) is 1.52. The van der Waals surface area contributed by atoms with Crippen molar-refractivity contribution in [2.24, 2.45) is 0 Å². The lowest BCUT2D eigenvalue weighted by molar-refractivity contribution is -0.116. The van der Waals surface area contributed by atoms with Gasteiger partial charge in [0.05, 0.1) is 5.69 Å². The zero-order valence-electron chi connectivity index (χ0n) is 9.93. The van der Waals surface area contributed by atoms with Gasteiger partial charge in [-0.1, -0.05) is 26.2 Å². The predicted molar refractivity (Wildman–Crippen MR) is 71.5 cm³/mol. The second kappa shape index (κ2) is 7.43. The van der Waals surface area contributed by atoms with E-state index >= 15 is 0 Å². The standard InChI is InChI=1S/C13H17BrFNO/c1-2-3-4-5-6-13(17)16-12-9-10(15)7-8-11(12)14/h7-9H,2-6H2,1H3,(H,16,17). The minimum absolute atomic E-state index is 0.0626. The number of halogens is 2. The second-order valence-electron chi connectivity index (χ2n) is 3.98. The van der Waals surface area contributed by atoms with Gasteiger partial charge in [-0.05, 0) is 40.5 Å². The Kier molecular flexibility index (Phi) is 6.19. The molecule has 2 nitrogen and oxygen atoms in total. The number of rotatable bonds is 6. The van der Waals surface area contributed by atoms with Gasteiger partial charge in [-0.3, -0.25) is 4.79 Å². The van der Waals surface area contributed by atoms with Gasteiger partial charge in [0.2, 0.25) is 5.91 Å². The molecule has 17 heavy (non-hydrogen) atoms. The average Bonchev–Trinajstić information content (AvgIpc) is 2.29. The summed E-state index contributed by atoms with van der Waals surface area (Å²) in [4.78, 5) is 11.6. The molecule has 0 bridgehead atoms. The SMILES string of the molecule is CCCCCCC(=O)Nc1cc(F)ccc1Br. The molecule has 0 radical (unpaired) electrons. The van der Waals surface area contributed by atoms with Crippen LogP contribution in [0, 0.1) is 5.82 Å². The van der Waals surface area contributed by atoms with Crippen molar-refractivity contribution >= 4 is 27.5 Å². The number of nitrogens with one attached hydrogen (secondary N) is 1. The molecule has 1 N–H and O–H groups in total. The van der Waals surface area contributed by atoms with Gasteiger partial charge in [-0.25, -0.2) is 4.39 Å². The molecule has 4 heteroatoms. The number of hydrogen-bond acceptors (Lipinski definition) is 1. The summed E-state index contributed by atoms with van der Waals surface area (Å²) in [6.45, 7) is 2.13. The van der Waals surface area contributed by atoms with Crippen LogP contribution in [-0.2, 0) is 4.79 Å². The molecule has 0 aliphatic rings. The lowest BCUT2D eigenvalue weighted by Gasteiger charge is -2.07. The molecule has 0 atom stereocenters. The summed E-state index contributed by atoms with van der Waals surface area (Å²) >= 11 is 3.27. The average molecular weight is 302 g/mol. The van der Waals surface area contributed by atoms with Crippen molar-refractivity contribution in [1.82, 2.24) is 0 Å². The summed E-state index contributed by atoms with van der Waals surface area (Å²) < 4.78 is 13.7. The first-order chi connectivity index (χ1) is 8.13. The Balaban J connectivity index is 2.42. The molecule has 1 aromatic carbocycles. The highest BCUT2D eigenvalue weighted by Crippen LogP contribution is 2.23. The number of anilines is 1. The van der Waals surface area contributed by atoms with E-state index in [0.717, 1.165) is 25.7 Å². The molecule has 0 aliphatic carbocycles. The summed E-state index contributed by atoms with van der Waals surface area (Å²) in [5.41, 5.74) is 0.491. The van der Waals surface area contributed by atoms with E-state index in [1.165, 1.54) is 12.1 Å². The molecule has 94 valence electrons. The van der Waals surface area contributed by atoms with E-state index in [9.17, 15) is 9.18 Å². The van der Waals surface area contributed by atoms with E-state index in [1.54, 1.807) is 6.07 Å². The van der Waals surface area contributed by atoms with E-state index in [1.807, 2.05) is 0 Å². The Morgan fingerprint density at radius 2 is 2.12 bits per heavy atom. The van der Waals surface area contributed by atoms with Crippen molar-refractivity contribution in [3.05, 3.63) is 28.5 Å². The molecular weight excluding hydrogens is 285 g/mol. The number of unbranched alkanes of at least 4 members (excludes halogenated alkanes) is 3. The topological polar surface area (TPSA) is 29.1 Å². The third-order valence-corrected chi connectivity index (χ3v) is 3.15. The van der Waals surface area contributed by atoms with Crippen LogP contribution in [0.3, 0.4) is 0 Å². The molecule has 0 unspecified atom stereocenters. The maximum Gasteiger partial charge on any atom is 0.224 e. The van der Waals surface area contributed by atoms with Gasteiger partial charge in [0, 0.05) is 10.9 Å². The Labute approximate surface area is 110 Å². The highest BCUT2D eigenvalue weighted by Gasteiger charge is 2.06. The molecule has 1 rings (SSSR count). The van der Waals surface area contributed by atoms with Crippen molar-refractivity contribution in [1.29, 1.82) is 0 Å². The fraction of sp³-hybridized carbons (Fsp3) is 0.462. The summed E-state index contributed by atoms with van der Waals surface area (Å²) in [6.07, 6.45) is 4.73. The van der Waals surface area contributed by atoms with Crippen LogP contribution in [0.15, 0.2) is 22.7 Å². The van der Waals surface area contributed by atoms with Crippen LogP contribution in [0.25, 0.3) is 0 Å². The number of amides is 1. The van der Waals surface area contributed by atoms with Crippen LogP contribution in [0.2, 0.25) is 0 Å². The van der Waals surface area contributed by atoms with Gasteiger partial charge >= 0.3 is 0 Å². The van der Waals surface area contributed by atoms with E-state index in [0.29, 0.717) is 16.6 Å². The van der Waals surface area contributed by atoms with Crippen LogP contribution in [0.5, 0.6) is 0 Å².